The van der Waals surface area contributed by atoms with Gasteiger partial charge in [-0.3, -0.25) is 9.59 Å². The van der Waals surface area contributed by atoms with E-state index >= 15 is 0 Å². The van der Waals surface area contributed by atoms with Crippen molar-refractivity contribution in [1.29, 1.82) is 0 Å². The van der Waals surface area contributed by atoms with Crippen molar-refractivity contribution in [2.75, 3.05) is 6.54 Å². The lowest BCUT2D eigenvalue weighted by molar-refractivity contribution is -0.144. The first-order valence-electron chi connectivity index (χ1n) is 7.78. The summed E-state index contributed by atoms with van der Waals surface area (Å²) in [6, 6.07) is 12.8. The Kier molecular flexibility index (Phi) is 6.40. The number of halogens is 1. The number of hydrogen-bond donors (Lipinski definition) is 2. The van der Waals surface area contributed by atoms with E-state index in [9.17, 15) is 14.7 Å². The Bertz CT molecular complexity index is 701. The van der Waals surface area contributed by atoms with Gasteiger partial charge in [-0.2, -0.15) is 0 Å². The fraction of sp³-hybridized carbons (Fsp3) is 0.333. The van der Waals surface area contributed by atoms with Crippen LogP contribution in [0.3, 0.4) is 0 Å². The van der Waals surface area contributed by atoms with Gasteiger partial charge in [-0.25, -0.2) is 0 Å². The number of carboxylic acids is 1. The van der Waals surface area contributed by atoms with Gasteiger partial charge >= 0.3 is 5.97 Å². The number of aryl methyl sites for hydroxylation is 1. The van der Waals surface area contributed by atoms with Crippen LogP contribution in [0, 0.1) is 0 Å². The van der Waals surface area contributed by atoms with Crippen LogP contribution in [0.5, 0.6) is 0 Å². The van der Waals surface area contributed by atoms with Gasteiger partial charge in [0.1, 0.15) is 5.41 Å². The predicted octanol–water partition coefficient (Wildman–Crippen LogP) is 3.88. The van der Waals surface area contributed by atoms with Gasteiger partial charge in [0.15, 0.2) is 0 Å². The molecule has 0 aliphatic rings. The Hall–Kier alpha value is -1.85. The van der Waals surface area contributed by atoms with Gasteiger partial charge in [0.2, 0.25) is 5.91 Å². The zero-order chi connectivity index (χ0) is 17.6. The number of aliphatic carboxylic acids is 1. The van der Waals surface area contributed by atoms with Gasteiger partial charge in [0, 0.05) is 17.8 Å². The van der Waals surface area contributed by atoms with Gasteiger partial charge in [-0.05, 0) is 30.5 Å². The Morgan fingerprint density at radius 2 is 1.92 bits per heavy atom. The third kappa shape index (κ3) is 4.36. The molecule has 1 aromatic heterocycles. The zero-order valence-electron chi connectivity index (χ0n) is 13.4. The highest BCUT2D eigenvalue weighted by Gasteiger charge is 2.38. The normalized spacial score (nSPS) is 13.2. The quantitative estimate of drug-likeness (QED) is 0.746. The second-order valence-corrected chi connectivity index (χ2v) is 7.39. The molecular formula is C18H20ClNO3S. The Labute approximate surface area is 150 Å². The van der Waals surface area contributed by atoms with E-state index in [1.807, 2.05) is 31.2 Å². The lowest BCUT2D eigenvalue weighted by Crippen LogP contribution is -2.46. The molecule has 0 spiro atoms. The van der Waals surface area contributed by atoms with Crippen LogP contribution in [0.4, 0.5) is 0 Å². The minimum absolute atomic E-state index is 0.0763. The van der Waals surface area contributed by atoms with Crippen molar-refractivity contribution in [3.8, 4) is 0 Å². The minimum Gasteiger partial charge on any atom is -0.481 e. The largest absolute Gasteiger partial charge is 0.481 e. The Morgan fingerprint density at radius 1 is 1.21 bits per heavy atom. The van der Waals surface area contributed by atoms with Crippen LogP contribution >= 0.6 is 22.9 Å². The fourth-order valence-corrected chi connectivity index (χ4v) is 3.69. The molecule has 6 heteroatoms. The molecule has 2 rings (SSSR count). The minimum atomic E-state index is -1.11. The van der Waals surface area contributed by atoms with Crippen molar-refractivity contribution in [2.24, 2.45) is 0 Å². The molecule has 4 nitrogen and oxygen atoms in total. The van der Waals surface area contributed by atoms with Crippen LogP contribution in [-0.4, -0.2) is 23.5 Å². The van der Waals surface area contributed by atoms with Crippen molar-refractivity contribution in [2.45, 2.75) is 31.6 Å². The van der Waals surface area contributed by atoms with Gasteiger partial charge in [0.05, 0.1) is 4.34 Å². The van der Waals surface area contributed by atoms with Crippen molar-refractivity contribution in [1.82, 2.24) is 5.32 Å². The zero-order valence-corrected chi connectivity index (χ0v) is 15.0. The molecule has 128 valence electrons. The molecule has 2 aromatic rings. The maximum Gasteiger partial charge on any atom is 0.315 e. The number of rotatable bonds is 8. The van der Waals surface area contributed by atoms with E-state index in [0.717, 1.165) is 4.88 Å². The van der Waals surface area contributed by atoms with E-state index in [2.05, 4.69) is 5.32 Å². The molecule has 0 radical (unpaired) electrons. The Balaban J connectivity index is 2.00. The summed E-state index contributed by atoms with van der Waals surface area (Å²) >= 11 is 7.32. The lowest BCUT2D eigenvalue weighted by Gasteiger charge is -2.29. The number of carbonyl (C=O) groups is 2. The number of amides is 1. The second-order valence-electron chi connectivity index (χ2n) is 5.59. The molecule has 0 aliphatic carbocycles. The van der Waals surface area contributed by atoms with E-state index in [-0.39, 0.29) is 12.5 Å². The first kappa shape index (κ1) is 18.5. The first-order chi connectivity index (χ1) is 11.5. The SMILES string of the molecule is CCC(CNC(=O)CCc1ccc(Cl)s1)(C(=O)O)c1ccccc1. The van der Waals surface area contributed by atoms with Gasteiger partial charge in [-0.1, -0.05) is 48.9 Å². The summed E-state index contributed by atoms with van der Waals surface area (Å²) in [5.74, 6) is -1.09. The highest BCUT2D eigenvalue weighted by atomic mass is 35.5. The summed E-state index contributed by atoms with van der Waals surface area (Å²) in [7, 11) is 0. The van der Waals surface area contributed by atoms with Crippen molar-refractivity contribution in [3.05, 3.63) is 57.2 Å². The van der Waals surface area contributed by atoms with E-state index in [0.29, 0.717) is 29.2 Å². The maximum absolute atomic E-state index is 12.1. The van der Waals surface area contributed by atoms with E-state index in [4.69, 9.17) is 11.6 Å². The van der Waals surface area contributed by atoms with Crippen molar-refractivity contribution >= 4 is 34.8 Å². The molecular weight excluding hydrogens is 346 g/mol. The molecule has 0 bridgehead atoms. The molecule has 1 amide bonds. The van der Waals surface area contributed by atoms with Gasteiger partial charge in [-0.15, -0.1) is 11.3 Å². The predicted molar refractivity (Wildman–Crippen MR) is 96.7 cm³/mol. The summed E-state index contributed by atoms with van der Waals surface area (Å²) in [5.41, 5.74) is -0.409. The molecule has 0 fully saturated rings. The van der Waals surface area contributed by atoms with Crippen LogP contribution in [0.2, 0.25) is 4.34 Å². The topological polar surface area (TPSA) is 66.4 Å². The average Bonchev–Trinajstić information content (AvgIpc) is 3.00. The van der Waals surface area contributed by atoms with Crippen LogP contribution in [0.25, 0.3) is 0 Å². The van der Waals surface area contributed by atoms with Crippen LogP contribution in [-0.2, 0) is 21.4 Å². The third-order valence-electron chi connectivity index (χ3n) is 4.15. The van der Waals surface area contributed by atoms with E-state index in [1.54, 1.807) is 18.2 Å². The molecule has 24 heavy (non-hydrogen) atoms. The standard InChI is InChI=1S/C18H20ClNO3S/c1-2-18(17(22)23,13-6-4-3-5-7-13)12-20-16(21)11-9-14-8-10-15(19)24-14/h3-8,10H,2,9,11-12H2,1H3,(H,20,21)(H,22,23). The van der Waals surface area contributed by atoms with E-state index in [1.165, 1.54) is 11.3 Å². The second kappa shape index (κ2) is 8.31. The van der Waals surface area contributed by atoms with Crippen LogP contribution < -0.4 is 5.32 Å². The van der Waals surface area contributed by atoms with E-state index < -0.39 is 11.4 Å². The fourth-order valence-electron chi connectivity index (χ4n) is 2.60. The summed E-state index contributed by atoms with van der Waals surface area (Å²) < 4.78 is 0.699. The maximum atomic E-state index is 12.1. The number of nitrogens with one attached hydrogen (secondary N) is 1. The molecule has 1 unspecified atom stereocenters. The molecule has 0 saturated carbocycles. The Morgan fingerprint density at radius 3 is 2.46 bits per heavy atom. The molecule has 0 aliphatic heterocycles. The summed E-state index contributed by atoms with van der Waals surface area (Å²) in [6.07, 6.45) is 1.30. The molecule has 0 saturated heterocycles. The summed E-state index contributed by atoms with van der Waals surface area (Å²) in [4.78, 5) is 25.0. The van der Waals surface area contributed by atoms with Gasteiger partial charge < -0.3 is 10.4 Å². The molecule has 1 aromatic carbocycles. The summed E-state index contributed by atoms with van der Waals surface area (Å²) in [6.45, 7) is 1.90. The summed E-state index contributed by atoms with van der Waals surface area (Å²) in [5, 5.41) is 12.5. The average molecular weight is 366 g/mol. The molecule has 1 atom stereocenters. The molecule has 1 heterocycles. The molecule has 2 N–H and O–H groups in total. The third-order valence-corrected chi connectivity index (χ3v) is 5.44. The number of carbonyl (C=O) groups excluding carboxylic acids is 1. The number of carboxylic acid groups (broad SMARTS) is 1. The van der Waals surface area contributed by atoms with Crippen molar-refractivity contribution in [3.63, 3.8) is 0 Å². The smallest absolute Gasteiger partial charge is 0.315 e. The van der Waals surface area contributed by atoms with Gasteiger partial charge in [0.25, 0.3) is 0 Å². The number of hydrogen-bond acceptors (Lipinski definition) is 3. The number of thiophene rings is 1. The first-order valence-corrected chi connectivity index (χ1v) is 8.97. The highest BCUT2D eigenvalue weighted by Crippen LogP contribution is 2.28. The number of benzene rings is 1. The van der Waals surface area contributed by atoms with Crippen molar-refractivity contribution < 1.29 is 14.7 Å². The highest BCUT2D eigenvalue weighted by molar-refractivity contribution is 7.16. The van der Waals surface area contributed by atoms with Crippen LogP contribution in [0.15, 0.2) is 42.5 Å². The van der Waals surface area contributed by atoms with Crippen LogP contribution in [0.1, 0.15) is 30.2 Å². The monoisotopic (exact) mass is 365 g/mol. The lowest BCUT2D eigenvalue weighted by atomic mass is 9.78.